The van der Waals surface area contributed by atoms with E-state index in [1.807, 2.05) is 44.0 Å². The van der Waals surface area contributed by atoms with Crippen molar-refractivity contribution in [3.05, 3.63) is 78.6 Å². The second-order valence-electron chi connectivity index (χ2n) is 10.3. The molecule has 2 atom stereocenters. The van der Waals surface area contributed by atoms with Gasteiger partial charge in [-0.1, -0.05) is 13.0 Å². The van der Waals surface area contributed by atoms with E-state index in [4.69, 9.17) is 9.72 Å². The van der Waals surface area contributed by atoms with Crippen LogP contribution >= 0.6 is 0 Å². The van der Waals surface area contributed by atoms with Crippen LogP contribution in [-0.2, 0) is 7.05 Å². The number of fused-ring (bicyclic) bond motifs is 1. The summed E-state index contributed by atoms with van der Waals surface area (Å²) >= 11 is 0. The zero-order valence-electron chi connectivity index (χ0n) is 23.0. The van der Waals surface area contributed by atoms with Crippen LogP contribution in [0.25, 0.3) is 27.8 Å². The van der Waals surface area contributed by atoms with Gasteiger partial charge in [0, 0.05) is 73.6 Å². The lowest BCUT2D eigenvalue weighted by atomic mass is 9.98. The van der Waals surface area contributed by atoms with Gasteiger partial charge in [-0.25, -0.2) is 14.5 Å². The normalized spacial score (nSPS) is 16.6. The number of aromatic nitrogens is 6. The maximum Gasteiger partial charge on any atom is 0.270 e. The highest BCUT2D eigenvalue weighted by Crippen LogP contribution is 2.33. The van der Waals surface area contributed by atoms with Crippen LogP contribution in [0, 0.1) is 23.2 Å². The lowest BCUT2D eigenvalue weighted by Crippen LogP contribution is -2.33. The summed E-state index contributed by atoms with van der Waals surface area (Å²) in [6.07, 6.45) is 9.10. The molecule has 0 bridgehead atoms. The number of nitriles is 1. The highest BCUT2D eigenvalue weighted by atomic mass is 16.5. The lowest BCUT2D eigenvalue weighted by molar-refractivity contribution is 0.0940. The molecule has 1 fully saturated rings. The molecule has 0 radical (unpaired) electrons. The molecule has 1 aliphatic heterocycles. The summed E-state index contributed by atoms with van der Waals surface area (Å²) in [6.45, 7) is 4.36. The van der Waals surface area contributed by atoms with Crippen LogP contribution in [0.1, 0.15) is 23.0 Å². The molecule has 1 unspecified atom stereocenters. The van der Waals surface area contributed by atoms with Gasteiger partial charge in [0.05, 0.1) is 30.6 Å². The van der Waals surface area contributed by atoms with Gasteiger partial charge in [-0.05, 0) is 36.1 Å². The number of ether oxygens (including phenoxy) is 1. The van der Waals surface area contributed by atoms with E-state index in [2.05, 4.69) is 44.5 Å². The molecular weight excluding hydrogens is 518 g/mol. The maximum absolute atomic E-state index is 12.6. The number of carbonyl (C=O) groups is 1. The lowest BCUT2D eigenvalue weighted by Gasteiger charge is -2.18. The number of hydrogen-bond donors (Lipinski definition) is 1. The molecule has 5 aromatic heterocycles. The third-order valence-electron chi connectivity index (χ3n) is 7.61. The minimum absolute atomic E-state index is 0.214. The Morgan fingerprint density at radius 1 is 1.10 bits per heavy atom. The van der Waals surface area contributed by atoms with Gasteiger partial charge >= 0.3 is 0 Å². The standard InChI is InChI=1S/C30H29N9O2/c1-19-15-38(17-23(19)12-33-30(40)26-5-4-6-28(36-26)41-3)27-8-7-20(11-32-27)25-9-21(24-14-34-37(2)16-24)18-39-29(25)22(10-31)13-35-39/h4-9,11,13-14,16,18-19,23H,12,15,17H2,1-3H3,(H,33,40)/t19?,23-/m1/s1. The van der Waals surface area contributed by atoms with Gasteiger partial charge in [-0.2, -0.15) is 15.5 Å². The molecule has 0 spiro atoms. The molecule has 0 aromatic carbocycles. The van der Waals surface area contributed by atoms with Crippen LogP contribution in [0.4, 0.5) is 5.82 Å². The Bertz CT molecular complexity index is 1770. The number of nitrogens with one attached hydrogen (secondary N) is 1. The largest absolute Gasteiger partial charge is 0.481 e. The van der Waals surface area contributed by atoms with Crippen molar-refractivity contribution in [3.63, 3.8) is 0 Å². The van der Waals surface area contributed by atoms with Gasteiger partial charge in [-0.3, -0.25) is 9.48 Å². The molecule has 1 aliphatic rings. The van der Waals surface area contributed by atoms with E-state index in [1.54, 1.807) is 33.6 Å². The van der Waals surface area contributed by atoms with Crippen LogP contribution in [0.15, 0.2) is 67.4 Å². The fraction of sp³-hybridized carbons (Fsp3) is 0.267. The predicted octanol–water partition coefficient (Wildman–Crippen LogP) is 3.57. The van der Waals surface area contributed by atoms with E-state index in [9.17, 15) is 10.1 Å². The van der Waals surface area contributed by atoms with Gasteiger partial charge in [0.15, 0.2) is 0 Å². The number of carbonyl (C=O) groups excluding carboxylic acids is 1. The number of amides is 1. The SMILES string of the molecule is COc1cccc(C(=O)NC[C@@H]2CN(c3ccc(-c4cc(-c5cnn(C)c5)cn5ncc(C#N)c45)cn3)CC2C)n1. The quantitative estimate of drug-likeness (QED) is 0.328. The van der Waals surface area contributed by atoms with Crippen LogP contribution in [0.5, 0.6) is 5.88 Å². The number of hydrogen-bond acceptors (Lipinski definition) is 8. The van der Waals surface area contributed by atoms with Gasteiger partial charge < -0.3 is 15.0 Å². The predicted molar refractivity (Wildman–Crippen MR) is 153 cm³/mol. The van der Waals surface area contributed by atoms with E-state index >= 15 is 0 Å². The Balaban J connectivity index is 1.20. The van der Waals surface area contributed by atoms with E-state index in [0.29, 0.717) is 29.6 Å². The Morgan fingerprint density at radius 2 is 1.98 bits per heavy atom. The van der Waals surface area contributed by atoms with Crippen molar-refractivity contribution in [2.75, 3.05) is 31.6 Å². The average Bonchev–Trinajstić information content (AvgIpc) is 3.73. The summed E-state index contributed by atoms with van der Waals surface area (Å²) in [7, 11) is 3.41. The molecule has 41 heavy (non-hydrogen) atoms. The van der Waals surface area contributed by atoms with Crippen molar-refractivity contribution in [2.45, 2.75) is 6.92 Å². The first kappa shape index (κ1) is 26.0. The van der Waals surface area contributed by atoms with Crippen LogP contribution in [0.3, 0.4) is 0 Å². The summed E-state index contributed by atoms with van der Waals surface area (Å²) < 4.78 is 8.63. The first-order valence-corrected chi connectivity index (χ1v) is 13.3. The minimum Gasteiger partial charge on any atom is -0.481 e. The second-order valence-corrected chi connectivity index (χ2v) is 10.3. The van der Waals surface area contributed by atoms with Crippen molar-refractivity contribution < 1.29 is 9.53 Å². The summed E-state index contributed by atoms with van der Waals surface area (Å²) in [5, 5.41) is 21.5. The van der Waals surface area contributed by atoms with Gasteiger partial charge in [0.25, 0.3) is 5.91 Å². The molecule has 1 N–H and O–H groups in total. The van der Waals surface area contributed by atoms with Crippen LogP contribution < -0.4 is 15.0 Å². The minimum atomic E-state index is -0.214. The molecule has 206 valence electrons. The summed E-state index contributed by atoms with van der Waals surface area (Å²) in [6, 6.07) is 13.5. The second kappa shape index (κ2) is 10.7. The molecule has 6 rings (SSSR count). The number of aryl methyl sites for hydroxylation is 1. The number of anilines is 1. The number of pyridine rings is 3. The topological polar surface area (TPSA) is 126 Å². The molecule has 11 nitrogen and oxygen atoms in total. The van der Waals surface area contributed by atoms with Crippen LogP contribution in [-0.4, -0.2) is 62.0 Å². The fourth-order valence-corrected chi connectivity index (χ4v) is 5.34. The Kier molecular flexibility index (Phi) is 6.81. The first-order valence-electron chi connectivity index (χ1n) is 13.3. The number of nitrogens with zero attached hydrogens (tertiary/aromatic N) is 8. The van der Waals surface area contributed by atoms with Crippen molar-refractivity contribution in [2.24, 2.45) is 18.9 Å². The molecule has 6 heterocycles. The third kappa shape index (κ3) is 5.07. The number of rotatable bonds is 7. The van der Waals surface area contributed by atoms with E-state index in [-0.39, 0.29) is 11.8 Å². The summed E-state index contributed by atoms with van der Waals surface area (Å²) in [5.41, 5.74) is 5.25. The Labute approximate surface area is 237 Å². The molecular formula is C30H29N9O2. The molecule has 1 saturated heterocycles. The monoisotopic (exact) mass is 547 g/mol. The zero-order chi connectivity index (χ0) is 28.5. The van der Waals surface area contributed by atoms with E-state index < -0.39 is 0 Å². The van der Waals surface area contributed by atoms with Crippen molar-refractivity contribution >= 4 is 17.2 Å². The third-order valence-corrected chi connectivity index (χ3v) is 7.61. The summed E-state index contributed by atoms with van der Waals surface area (Å²) in [4.78, 5) is 23.9. The van der Waals surface area contributed by atoms with E-state index in [1.165, 1.54) is 7.11 Å². The first-order chi connectivity index (χ1) is 19.9. The molecule has 0 saturated carbocycles. The fourth-order valence-electron chi connectivity index (χ4n) is 5.34. The van der Waals surface area contributed by atoms with Crippen LogP contribution in [0.2, 0.25) is 0 Å². The highest BCUT2D eigenvalue weighted by molar-refractivity contribution is 5.92. The Morgan fingerprint density at radius 3 is 2.71 bits per heavy atom. The molecule has 0 aliphatic carbocycles. The number of methoxy groups -OCH3 is 1. The van der Waals surface area contributed by atoms with E-state index in [0.717, 1.165) is 46.7 Å². The average molecular weight is 548 g/mol. The molecule has 5 aromatic rings. The molecule has 1 amide bonds. The van der Waals surface area contributed by atoms with Gasteiger partial charge in [0.1, 0.15) is 17.6 Å². The highest BCUT2D eigenvalue weighted by Gasteiger charge is 2.31. The Hall–Kier alpha value is -5.24. The maximum atomic E-state index is 12.6. The van der Waals surface area contributed by atoms with Gasteiger partial charge in [0.2, 0.25) is 5.88 Å². The zero-order valence-corrected chi connectivity index (χ0v) is 23.0. The van der Waals surface area contributed by atoms with Gasteiger partial charge in [-0.15, -0.1) is 0 Å². The molecule has 11 heteroatoms. The summed E-state index contributed by atoms with van der Waals surface area (Å²) in [5.74, 6) is 1.71. The van der Waals surface area contributed by atoms with Crippen molar-refractivity contribution in [3.8, 4) is 34.2 Å². The smallest absolute Gasteiger partial charge is 0.270 e. The van der Waals surface area contributed by atoms with Crippen molar-refractivity contribution in [1.29, 1.82) is 5.26 Å². The van der Waals surface area contributed by atoms with Crippen molar-refractivity contribution in [1.82, 2.24) is 34.7 Å².